The van der Waals surface area contributed by atoms with Crippen molar-refractivity contribution in [1.29, 1.82) is 0 Å². The van der Waals surface area contributed by atoms with Crippen LogP contribution in [0.4, 0.5) is 17.2 Å². The number of nitrogens with one attached hydrogen (secondary N) is 1. The van der Waals surface area contributed by atoms with Crippen molar-refractivity contribution in [3.63, 3.8) is 0 Å². The van der Waals surface area contributed by atoms with Gasteiger partial charge in [0.05, 0.1) is 18.1 Å². The van der Waals surface area contributed by atoms with Crippen LogP contribution in [-0.4, -0.2) is 26.2 Å². The van der Waals surface area contributed by atoms with Gasteiger partial charge in [0.15, 0.2) is 17.4 Å². The fraction of sp³-hybridized carbons (Fsp3) is 0.148. The van der Waals surface area contributed by atoms with E-state index in [1.807, 2.05) is 64.1 Å². The molecule has 8 nitrogen and oxygen atoms in total. The highest BCUT2D eigenvalue weighted by Gasteiger charge is 2.12. The van der Waals surface area contributed by atoms with Gasteiger partial charge in [0.2, 0.25) is 0 Å². The minimum atomic E-state index is 0.419. The first kappa shape index (κ1) is 23.6. The first-order valence-electron chi connectivity index (χ1n) is 11.1. The van der Waals surface area contributed by atoms with Crippen molar-refractivity contribution in [2.24, 2.45) is 4.99 Å². The van der Waals surface area contributed by atoms with Crippen LogP contribution in [0.15, 0.2) is 72.8 Å². The van der Waals surface area contributed by atoms with Gasteiger partial charge in [0.25, 0.3) is 0 Å². The van der Waals surface area contributed by atoms with E-state index in [0.29, 0.717) is 28.4 Å². The fourth-order valence-electron chi connectivity index (χ4n) is 3.44. The Bertz CT molecular complexity index is 1450. The third-order valence-electron chi connectivity index (χ3n) is 5.18. The minimum absolute atomic E-state index is 0.419. The Balaban J connectivity index is 1.60. The second-order valence-electron chi connectivity index (χ2n) is 7.63. The topological polar surface area (TPSA) is 94.4 Å². The van der Waals surface area contributed by atoms with Gasteiger partial charge in [0, 0.05) is 18.0 Å². The van der Waals surface area contributed by atoms with Crippen molar-refractivity contribution < 1.29 is 9.47 Å². The molecule has 0 atom stereocenters. The van der Waals surface area contributed by atoms with Crippen LogP contribution >= 0.6 is 0 Å². The van der Waals surface area contributed by atoms with Gasteiger partial charge in [-0.3, -0.25) is 4.99 Å². The Morgan fingerprint density at radius 3 is 2.63 bits per heavy atom. The van der Waals surface area contributed by atoms with Crippen molar-refractivity contribution in [3.8, 4) is 11.5 Å². The van der Waals surface area contributed by atoms with Gasteiger partial charge < -0.3 is 14.8 Å². The van der Waals surface area contributed by atoms with Crippen LogP contribution < -0.4 is 10.1 Å². The zero-order chi connectivity index (χ0) is 24.8. The smallest absolute Gasteiger partial charge is 0.196 e. The number of anilines is 2. The molecular formula is C27H26N6O2. The van der Waals surface area contributed by atoms with E-state index in [1.165, 1.54) is 12.6 Å². The van der Waals surface area contributed by atoms with Crippen molar-refractivity contribution in [2.75, 3.05) is 5.32 Å². The van der Waals surface area contributed by atoms with Gasteiger partial charge >= 0.3 is 0 Å². The largest absolute Gasteiger partial charge is 0.462 e. The average Bonchev–Trinajstić information content (AvgIpc) is 2.86. The van der Waals surface area contributed by atoms with Crippen molar-refractivity contribution in [2.45, 2.75) is 27.7 Å². The summed E-state index contributed by atoms with van der Waals surface area (Å²) < 4.78 is 11.5. The molecule has 2 aromatic heterocycles. The van der Waals surface area contributed by atoms with Gasteiger partial charge in [-0.1, -0.05) is 12.6 Å². The molecule has 0 aliphatic rings. The van der Waals surface area contributed by atoms with E-state index >= 15 is 0 Å². The fourth-order valence-corrected chi connectivity index (χ4v) is 3.44. The molecule has 0 saturated heterocycles. The van der Waals surface area contributed by atoms with E-state index in [4.69, 9.17) is 9.47 Å². The molecule has 0 spiro atoms. The number of aryl methyl sites for hydroxylation is 2. The summed E-state index contributed by atoms with van der Waals surface area (Å²) in [5.74, 6) is 2.96. The minimum Gasteiger partial charge on any atom is -0.462 e. The van der Waals surface area contributed by atoms with Gasteiger partial charge in [-0.2, -0.15) is 0 Å². The maximum atomic E-state index is 6.13. The van der Waals surface area contributed by atoms with Crippen LogP contribution in [0, 0.1) is 13.8 Å². The van der Waals surface area contributed by atoms with Gasteiger partial charge in [-0.25, -0.2) is 19.9 Å². The highest BCUT2D eigenvalue weighted by molar-refractivity contribution is 5.87. The lowest BCUT2D eigenvalue weighted by Crippen LogP contribution is -2.02. The molecule has 8 heteroatoms. The van der Waals surface area contributed by atoms with Crippen molar-refractivity contribution in [1.82, 2.24) is 19.9 Å². The number of aromatic nitrogens is 4. The van der Waals surface area contributed by atoms with E-state index in [-0.39, 0.29) is 0 Å². The zero-order valence-corrected chi connectivity index (χ0v) is 20.1. The lowest BCUT2D eigenvalue weighted by atomic mass is 10.2. The van der Waals surface area contributed by atoms with Gasteiger partial charge in [0.1, 0.15) is 28.9 Å². The maximum Gasteiger partial charge on any atom is 0.196 e. The molecule has 2 heterocycles. The van der Waals surface area contributed by atoms with E-state index in [0.717, 1.165) is 34.0 Å². The summed E-state index contributed by atoms with van der Waals surface area (Å²) in [4.78, 5) is 22.0. The van der Waals surface area contributed by atoms with E-state index in [2.05, 4.69) is 36.8 Å². The Kier molecular flexibility index (Phi) is 7.11. The van der Waals surface area contributed by atoms with Crippen LogP contribution in [0.3, 0.4) is 0 Å². The molecule has 0 radical (unpaired) electrons. The van der Waals surface area contributed by atoms with Gasteiger partial charge in [-0.15, -0.1) is 0 Å². The Morgan fingerprint density at radius 2 is 1.89 bits per heavy atom. The molecule has 176 valence electrons. The molecule has 2 aromatic carbocycles. The summed E-state index contributed by atoms with van der Waals surface area (Å²) in [5, 5.41) is 3.33. The maximum absolute atomic E-state index is 6.13. The summed E-state index contributed by atoms with van der Waals surface area (Å²) in [6.45, 7) is 11.3. The van der Waals surface area contributed by atoms with Crippen molar-refractivity contribution >= 4 is 40.2 Å². The third-order valence-corrected chi connectivity index (χ3v) is 5.18. The summed E-state index contributed by atoms with van der Waals surface area (Å²) >= 11 is 0. The SMILES string of the molecule is C=CO/C(=C\C)c1ncc2ncnc(Nc3ccc(Oc4ccc(C)c(/N=C\C)c4)c(C)c3)c2n1. The number of allylic oxidation sites excluding steroid dienone is 1. The lowest BCUT2D eigenvalue weighted by molar-refractivity contribution is 0.433. The predicted octanol–water partition coefficient (Wildman–Crippen LogP) is 6.82. The van der Waals surface area contributed by atoms with Crippen molar-refractivity contribution in [3.05, 3.63) is 84.8 Å². The highest BCUT2D eigenvalue weighted by atomic mass is 16.5. The standard InChI is InChI=1S/C27H26N6O2/c1-6-23(34-8-3)26-29-15-22-25(33-26)27(31-16-30-22)32-19-10-12-24(18(5)13-19)35-20-11-9-17(4)21(14-20)28-7-2/h6-16H,3H2,1-2,4-5H3,(H,30,31,32)/b23-6-,28-7-. The van der Waals surface area contributed by atoms with Crippen LogP contribution in [0.5, 0.6) is 11.5 Å². The Hall–Kier alpha value is -4.59. The summed E-state index contributed by atoms with van der Waals surface area (Å²) in [7, 11) is 0. The van der Waals surface area contributed by atoms with Crippen LogP contribution in [-0.2, 0) is 4.74 Å². The molecule has 35 heavy (non-hydrogen) atoms. The second-order valence-corrected chi connectivity index (χ2v) is 7.63. The number of hydrogen-bond donors (Lipinski definition) is 1. The van der Waals surface area contributed by atoms with E-state index in [1.54, 1.807) is 18.5 Å². The van der Waals surface area contributed by atoms with E-state index < -0.39 is 0 Å². The molecule has 0 aliphatic heterocycles. The molecule has 4 aromatic rings. The molecule has 4 rings (SSSR count). The second kappa shape index (κ2) is 10.6. The number of benzene rings is 2. The number of fused-ring (bicyclic) bond motifs is 1. The molecule has 0 fully saturated rings. The molecule has 1 N–H and O–H groups in total. The normalized spacial score (nSPS) is 11.6. The third kappa shape index (κ3) is 5.33. The molecule has 0 aliphatic carbocycles. The van der Waals surface area contributed by atoms with Crippen LogP contribution in [0.2, 0.25) is 0 Å². The zero-order valence-electron chi connectivity index (χ0n) is 20.1. The number of rotatable bonds is 8. The van der Waals surface area contributed by atoms with Crippen LogP contribution in [0.1, 0.15) is 30.8 Å². The summed E-state index contributed by atoms with van der Waals surface area (Å²) in [6, 6.07) is 11.7. The van der Waals surface area contributed by atoms with Crippen LogP contribution in [0.25, 0.3) is 16.8 Å². The molecule has 0 saturated carbocycles. The number of ether oxygens (including phenoxy) is 2. The van der Waals surface area contributed by atoms with E-state index in [9.17, 15) is 0 Å². The predicted molar refractivity (Wildman–Crippen MR) is 140 cm³/mol. The lowest BCUT2D eigenvalue weighted by Gasteiger charge is -2.13. The van der Waals surface area contributed by atoms with Gasteiger partial charge in [-0.05, 0) is 69.2 Å². The number of hydrogen-bond acceptors (Lipinski definition) is 8. The number of nitrogens with zero attached hydrogens (tertiary/aromatic N) is 5. The Labute approximate surface area is 204 Å². The first-order valence-corrected chi connectivity index (χ1v) is 11.1. The Morgan fingerprint density at radius 1 is 1.03 bits per heavy atom. The number of aliphatic imine (C=N–C) groups is 1. The molecular weight excluding hydrogens is 440 g/mol. The molecule has 0 unspecified atom stereocenters. The molecule has 0 amide bonds. The molecule has 0 bridgehead atoms. The summed E-state index contributed by atoms with van der Waals surface area (Å²) in [5.41, 5.74) is 4.96. The quantitative estimate of drug-likeness (QED) is 0.225. The highest BCUT2D eigenvalue weighted by Crippen LogP contribution is 2.32. The first-order chi connectivity index (χ1) is 17.0. The summed E-state index contributed by atoms with van der Waals surface area (Å²) in [6.07, 6.45) is 8.00. The average molecular weight is 467 g/mol. The monoisotopic (exact) mass is 466 g/mol.